The van der Waals surface area contributed by atoms with Crippen LogP contribution in [0.4, 0.5) is 0 Å². The number of hydrogen-bond donors (Lipinski definition) is 2. The number of hydrogen-bond acceptors (Lipinski definition) is 3. The molecule has 1 aliphatic rings. The maximum absolute atomic E-state index is 12.6. The minimum Gasteiger partial charge on any atom is -0.349 e. The van der Waals surface area contributed by atoms with Crippen LogP contribution < -0.4 is 10.6 Å². The topological polar surface area (TPSA) is 54.0 Å². The molecule has 1 heterocycles. The molecule has 1 saturated carbocycles. The highest BCUT2D eigenvalue weighted by molar-refractivity contribution is 5.95. The van der Waals surface area contributed by atoms with E-state index >= 15 is 0 Å². The quantitative estimate of drug-likeness (QED) is 0.843. The summed E-state index contributed by atoms with van der Waals surface area (Å²) in [6.07, 6.45) is 9.10. The van der Waals surface area contributed by atoms with E-state index in [1.165, 1.54) is 6.42 Å². The fraction of sp³-hybridized carbons (Fsp3) is 0.429. The summed E-state index contributed by atoms with van der Waals surface area (Å²) in [4.78, 5) is 16.7. The average molecular weight is 337 g/mol. The van der Waals surface area contributed by atoms with E-state index in [4.69, 9.17) is 0 Å². The fourth-order valence-electron chi connectivity index (χ4n) is 3.44. The van der Waals surface area contributed by atoms with Crippen molar-refractivity contribution in [2.75, 3.05) is 6.54 Å². The van der Waals surface area contributed by atoms with Gasteiger partial charge in [0.15, 0.2) is 0 Å². The van der Waals surface area contributed by atoms with Crippen LogP contribution >= 0.6 is 0 Å². The molecule has 1 fully saturated rings. The third-order valence-electron chi connectivity index (χ3n) is 4.88. The number of nitrogens with zero attached hydrogens (tertiary/aromatic N) is 1. The van der Waals surface area contributed by atoms with Crippen molar-refractivity contribution in [2.24, 2.45) is 0 Å². The molecule has 4 nitrogen and oxygen atoms in total. The number of carbonyl (C=O) groups excluding carboxylic acids is 1. The SMILES string of the molecule is CCCNC1CCC(NC(=O)c2cccc(-c3ccncc3)c2)CC1. The molecule has 1 aromatic heterocycles. The molecule has 1 amide bonds. The Bertz CT molecular complexity index is 679. The Morgan fingerprint density at radius 2 is 1.76 bits per heavy atom. The second-order valence-corrected chi connectivity index (χ2v) is 6.79. The number of amides is 1. The van der Waals surface area contributed by atoms with Gasteiger partial charge in [-0.05, 0) is 74.0 Å². The zero-order valence-corrected chi connectivity index (χ0v) is 14.9. The van der Waals surface area contributed by atoms with Gasteiger partial charge in [-0.3, -0.25) is 9.78 Å². The zero-order chi connectivity index (χ0) is 17.5. The minimum atomic E-state index is 0.0286. The molecule has 0 atom stereocenters. The van der Waals surface area contributed by atoms with Gasteiger partial charge in [0.1, 0.15) is 0 Å². The van der Waals surface area contributed by atoms with Crippen LogP contribution in [0.2, 0.25) is 0 Å². The van der Waals surface area contributed by atoms with Crippen LogP contribution in [0.25, 0.3) is 11.1 Å². The monoisotopic (exact) mass is 337 g/mol. The Kier molecular flexibility index (Phi) is 6.18. The van der Waals surface area contributed by atoms with Crippen LogP contribution in [0.1, 0.15) is 49.4 Å². The molecule has 0 unspecified atom stereocenters. The van der Waals surface area contributed by atoms with Gasteiger partial charge in [-0.25, -0.2) is 0 Å². The lowest BCUT2D eigenvalue weighted by atomic mass is 9.91. The van der Waals surface area contributed by atoms with Crippen LogP contribution in [0, 0.1) is 0 Å². The van der Waals surface area contributed by atoms with E-state index in [0.29, 0.717) is 6.04 Å². The van der Waals surface area contributed by atoms with Gasteiger partial charge in [0.25, 0.3) is 5.91 Å². The molecule has 2 N–H and O–H groups in total. The lowest BCUT2D eigenvalue weighted by Gasteiger charge is -2.29. The standard InChI is InChI=1S/C21H27N3O/c1-2-12-23-19-6-8-20(9-7-19)24-21(25)18-5-3-4-17(15-18)16-10-13-22-14-11-16/h3-5,10-11,13-15,19-20,23H,2,6-9,12H2,1H3,(H,24,25). The molecule has 0 saturated heterocycles. The van der Waals surface area contributed by atoms with Crippen molar-refractivity contribution in [2.45, 2.75) is 51.1 Å². The Labute approximate surface area is 150 Å². The molecule has 132 valence electrons. The zero-order valence-electron chi connectivity index (χ0n) is 14.9. The van der Waals surface area contributed by atoms with Gasteiger partial charge in [0.05, 0.1) is 0 Å². The number of carbonyl (C=O) groups is 1. The molecular formula is C21H27N3O. The maximum atomic E-state index is 12.6. The second kappa shape index (κ2) is 8.77. The number of nitrogens with one attached hydrogen (secondary N) is 2. The first-order valence-electron chi connectivity index (χ1n) is 9.31. The number of aromatic nitrogens is 1. The van der Waals surface area contributed by atoms with E-state index in [2.05, 4.69) is 22.5 Å². The van der Waals surface area contributed by atoms with Crippen LogP contribution in [-0.4, -0.2) is 29.5 Å². The minimum absolute atomic E-state index is 0.0286. The van der Waals surface area contributed by atoms with Crippen molar-refractivity contribution in [3.63, 3.8) is 0 Å². The predicted octanol–water partition coefficient (Wildman–Crippen LogP) is 3.79. The summed E-state index contributed by atoms with van der Waals surface area (Å²) in [5, 5.41) is 6.80. The Morgan fingerprint density at radius 3 is 2.48 bits per heavy atom. The first kappa shape index (κ1) is 17.6. The van der Waals surface area contributed by atoms with Crippen LogP contribution in [0.5, 0.6) is 0 Å². The van der Waals surface area contributed by atoms with Crippen LogP contribution in [0.15, 0.2) is 48.8 Å². The average Bonchev–Trinajstić information content (AvgIpc) is 2.68. The summed E-state index contributed by atoms with van der Waals surface area (Å²) in [6, 6.07) is 12.6. The highest BCUT2D eigenvalue weighted by atomic mass is 16.1. The number of pyridine rings is 1. The lowest BCUT2D eigenvalue weighted by molar-refractivity contribution is 0.0924. The van der Waals surface area contributed by atoms with E-state index in [1.54, 1.807) is 12.4 Å². The molecule has 2 aromatic rings. The van der Waals surface area contributed by atoms with Crippen molar-refractivity contribution < 1.29 is 4.79 Å². The Hall–Kier alpha value is -2.20. The van der Waals surface area contributed by atoms with E-state index < -0.39 is 0 Å². The van der Waals surface area contributed by atoms with Gasteiger partial charge < -0.3 is 10.6 Å². The molecule has 1 aromatic carbocycles. The van der Waals surface area contributed by atoms with Gasteiger partial charge in [-0.15, -0.1) is 0 Å². The molecule has 1 aliphatic carbocycles. The van der Waals surface area contributed by atoms with Gasteiger partial charge in [0, 0.05) is 30.0 Å². The van der Waals surface area contributed by atoms with Gasteiger partial charge in [0.2, 0.25) is 0 Å². The summed E-state index contributed by atoms with van der Waals surface area (Å²) in [6.45, 7) is 3.28. The van der Waals surface area contributed by atoms with Gasteiger partial charge in [-0.2, -0.15) is 0 Å². The highest BCUT2D eigenvalue weighted by Gasteiger charge is 2.22. The van der Waals surface area contributed by atoms with Gasteiger partial charge >= 0.3 is 0 Å². The first-order valence-corrected chi connectivity index (χ1v) is 9.31. The molecule has 0 spiro atoms. The summed E-state index contributed by atoms with van der Waals surface area (Å²) in [5.74, 6) is 0.0286. The Morgan fingerprint density at radius 1 is 1.04 bits per heavy atom. The van der Waals surface area contributed by atoms with E-state index in [9.17, 15) is 4.79 Å². The normalized spacial score (nSPS) is 20.2. The summed E-state index contributed by atoms with van der Waals surface area (Å²) >= 11 is 0. The fourth-order valence-corrected chi connectivity index (χ4v) is 3.44. The van der Waals surface area contributed by atoms with Gasteiger partial charge in [-0.1, -0.05) is 19.1 Å². The smallest absolute Gasteiger partial charge is 0.251 e. The van der Waals surface area contributed by atoms with Crippen LogP contribution in [-0.2, 0) is 0 Å². The van der Waals surface area contributed by atoms with E-state index in [1.807, 2.05) is 36.4 Å². The third-order valence-corrected chi connectivity index (χ3v) is 4.88. The largest absolute Gasteiger partial charge is 0.349 e. The highest BCUT2D eigenvalue weighted by Crippen LogP contribution is 2.21. The van der Waals surface area contributed by atoms with E-state index in [0.717, 1.165) is 48.9 Å². The Balaban J connectivity index is 1.57. The molecule has 3 rings (SSSR count). The second-order valence-electron chi connectivity index (χ2n) is 6.79. The molecule has 0 radical (unpaired) electrons. The van der Waals surface area contributed by atoms with Crippen LogP contribution in [0.3, 0.4) is 0 Å². The third kappa shape index (κ3) is 4.89. The molecular weight excluding hydrogens is 310 g/mol. The van der Waals surface area contributed by atoms with E-state index in [-0.39, 0.29) is 11.9 Å². The lowest BCUT2D eigenvalue weighted by Crippen LogP contribution is -2.42. The molecule has 0 bridgehead atoms. The van der Waals surface area contributed by atoms with Crippen molar-refractivity contribution in [3.8, 4) is 11.1 Å². The number of benzene rings is 1. The molecule has 0 aliphatic heterocycles. The summed E-state index contributed by atoms with van der Waals surface area (Å²) in [7, 11) is 0. The first-order chi connectivity index (χ1) is 12.3. The van der Waals surface area contributed by atoms with Crippen molar-refractivity contribution in [3.05, 3.63) is 54.4 Å². The van der Waals surface area contributed by atoms with Crippen molar-refractivity contribution in [1.82, 2.24) is 15.6 Å². The maximum Gasteiger partial charge on any atom is 0.251 e. The van der Waals surface area contributed by atoms with Crippen molar-refractivity contribution >= 4 is 5.91 Å². The number of rotatable bonds is 6. The predicted molar refractivity (Wildman–Crippen MR) is 101 cm³/mol. The summed E-state index contributed by atoms with van der Waals surface area (Å²) in [5.41, 5.74) is 2.84. The molecule has 4 heteroatoms. The van der Waals surface area contributed by atoms with Crippen molar-refractivity contribution in [1.29, 1.82) is 0 Å². The molecule has 25 heavy (non-hydrogen) atoms. The summed E-state index contributed by atoms with van der Waals surface area (Å²) < 4.78 is 0.